The third kappa shape index (κ3) is 3.68. The highest BCUT2D eigenvalue weighted by Gasteiger charge is 2.34. The Bertz CT molecular complexity index is 822. The van der Waals surface area contributed by atoms with E-state index in [4.69, 9.17) is 0 Å². The van der Waals surface area contributed by atoms with Crippen LogP contribution >= 0.6 is 11.3 Å². The van der Waals surface area contributed by atoms with E-state index < -0.39 is 0 Å². The Balaban J connectivity index is 1.64. The van der Waals surface area contributed by atoms with Gasteiger partial charge in [-0.3, -0.25) is 0 Å². The summed E-state index contributed by atoms with van der Waals surface area (Å²) in [6.07, 6.45) is 2.47. The van der Waals surface area contributed by atoms with Gasteiger partial charge in [-0.2, -0.15) is 0 Å². The molecule has 0 amide bonds. The number of aromatic nitrogens is 4. The number of hydrogen-bond donors (Lipinski definition) is 1. The molecule has 1 aliphatic rings. The van der Waals surface area contributed by atoms with Crippen molar-refractivity contribution in [1.82, 2.24) is 20.2 Å². The van der Waals surface area contributed by atoms with Gasteiger partial charge in [0.05, 0.1) is 24.5 Å². The van der Waals surface area contributed by atoms with Gasteiger partial charge in [-0.15, -0.1) is 16.4 Å². The number of nitrogens with one attached hydrogen (secondary N) is 1. The number of likely N-dealkylation sites (tertiary alicyclic amines) is 1. The van der Waals surface area contributed by atoms with Crippen LogP contribution in [0.1, 0.15) is 42.1 Å². The van der Waals surface area contributed by atoms with E-state index in [1.54, 1.807) is 23.5 Å². The summed E-state index contributed by atoms with van der Waals surface area (Å²) in [6, 6.07) is 11.0. The topological polar surface area (TPSA) is 48.0 Å². The van der Waals surface area contributed by atoms with E-state index in [1.165, 1.54) is 34.8 Å². The minimum Gasteiger partial charge on any atom is -0.322 e. The Morgan fingerprint density at radius 2 is 2.00 bits per heavy atom. The van der Waals surface area contributed by atoms with Gasteiger partial charge in [-0.25, -0.2) is 9.07 Å². The number of benzene rings is 1. The zero-order chi connectivity index (χ0) is 17.9. The Morgan fingerprint density at radius 3 is 2.69 bits per heavy atom. The summed E-state index contributed by atoms with van der Waals surface area (Å²) in [5, 5.41) is 14.7. The highest BCUT2D eigenvalue weighted by Crippen LogP contribution is 2.23. The zero-order valence-corrected chi connectivity index (χ0v) is 15.6. The molecule has 0 unspecified atom stereocenters. The maximum Gasteiger partial charge on any atom is 0.215 e. The van der Waals surface area contributed by atoms with Crippen molar-refractivity contribution in [3.8, 4) is 0 Å². The van der Waals surface area contributed by atoms with Gasteiger partial charge in [0.1, 0.15) is 5.82 Å². The molecule has 136 valence electrons. The molecule has 1 fully saturated rings. The number of rotatable bonds is 5. The fourth-order valence-corrected chi connectivity index (χ4v) is 4.56. The number of tetrazole rings is 1. The third-order valence-electron chi connectivity index (χ3n) is 5.22. The van der Waals surface area contributed by atoms with Crippen LogP contribution in [0.4, 0.5) is 4.39 Å². The molecule has 0 spiro atoms. The molecule has 7 heteroatoms. The Labute approximate surface area is 156 Å². The number of quaternary nitrogens is 1. The standard InChI is InChI=1S/C19H22FN5S/c1-14-8-10-24(11-9-14)18(17-3-2-12-26-17)19-21-22-23-25(19)13-15-4-6-16(20)7-5-15/h2-7,12,14,18H,8-11,13H2,1H3/p+1/t18-/m0/s1. The number of hydrogen-bond acceptors (Lipinski definition) is 4. The third-order valence-corrected chi connectivity index (χ3v) is 6.15. The molecule has 1 atom stereocenters. The first-order valence-electron chi connectivity index (χ1n) is 9.09. The summed E-state index contributed by atoms with van der Waals surface area (Å²) in [5.41, 5.74) is 0.993. The molecule has 3 heterocycles. The molecule has 4 rings (SSSR count). The first-order chi connectivity index (χ1) is 12.7. The average molecular weight is 372 g/mol. The van der Waals surface area contributed by atoms with Crippen molar-refractivity contribution in [2.75, 3.05) is 13.1 Å². The molecule has 26 heavy (non-hydrogen) atoms. The van der Waals surface area contributed by atoms with Crippen molar-refractivity contribution in [3.05, 3.63) is 63.9 Å². The fourth-order valence-electron chi connectivity index (χ4n) is 3.68. The smallest absolute Gasteiger partial charge is 0.215 e. The van der Waals surface area contributed by atoms with Crippen LogP contribution < -0.4 is 4.90 Å². The van der Waals surface area contributed by atoms with Gasteiger partial charge in [-0.05, 0) is 58.3 Å². The van der Waals surface area contributed by atoms with Gasteiger partial charge in [-0.1, -0.05) is 25.1 Å². The van der Waals surface area contributed by atoms with Crippen LogP contribution in [0.25, 0.3) is 0 Å². The van der Waals surface area contributed by atoms with Gasteiger partial charge in [0.25, 0.3) is 0 Å². The van der Waals surface area contributed by atoms with Crippen LogP contribution in [0.2, 0.25) is 0 Å². The monoisotopic (exact) mass is 372 g/mol. The largest absolute Gasteiger partial charge is 0.322 e. The van der Waals surface area contributed by atoms with E-state index >= 15 is 0 Å². The van der Waals surface area contributed by atoms with Gasteiger partial charge >= 0.3 is 0 Å². The lowest BCUT2D eigenvalue weighted by atomic mass is 9.97. The molecule has 1 saturated heterocycles. The second kappa shape index (κ2) is 7.63. The lowest BCUT2D eigenvalue weighted by molar-refractivity contribution is -0.931. The zero-order valence-electron chi connectivity index (χ0n) is 14.8. The minimum atomic E-state index is -0.228. The number of piperidine rings is 1. The molecule has 3 aromatic rings. The minimum absolute atomic E-state index is 0.151. The first-order valence-corrected chi connectivity index (χ1v) is 9.97. The molecular weight excluding hydrogens is 349 g/mol. The van der Waals surface area contributed by atoms with Gasteiger partial charge in [0, 0.05) is 0 Å². The summed E-state index contributed by atoms with van der Waals surface area (Å²) < 4.78 is 15.0. The first kappa shape index (κ1) is 17.3. The Kier molecular flexibility index (Phi) is 5.08. The molecule has 2 aromatic heterocycles. The lowest BCUT2D eigenvalue weighted by Gasteiger charge is -2.32. The maximum atomic E-state index is 13.2. The normalized spacial score (nSPS) is 21.6. The predicted octanol–water partition coefficient (Wildman–Crippen LogP) is 2.33. The van der Waals surface area contributed by atoms with E-state index in [1.807, 2.05) is 4.68 Å². The summed E-state index contributed by atoms with van der Waals surface area (Å²) in [4.78, 5) is 2.82. The maximum absolute atomic E-state index is 13.2. The molecule has 1 N–H and O–H groups in total. The van der Waals surface area contributed by atoms with E-state index in [0.717, 1.165) is 30.4 Å². The van der Waals surface area contributed by atoms with Crippen LogP contribution in [0.3, 0.4) is 0 Å². The number of halogens is 1. The summed E-state index contributed by atoms with van der Waals surface area (Å²) in [7, 11) is 0. The van der Waals surface area contributed by atoms with E-state index in [9.17, 15) is 4.39 Å². The number of thiophene rings is 1. The molecule has 0 bridgehead atoms. The summed E-state index contributed by atoms with van der Waals surface area (Å²) in [6.45, 7) is 5.14. The fraction of sp³-hybridized carbons (Fsp3) is 0.421. The SMILES string of the molecule is CC1CC[NH+]([C@@H](c2cccs2)c2nnnn2Cc2ccc(F)cc2)CC1. The highest BCUT2D eigenvalue weighted by molar-refractivity contribution is 7.10. The molecule has 0 saturated carbocycles. The number of nitrogens with zero attached hydrogens (tertiary/aromatic N) is 4. The van der Waals surface area contributed by atoms with Crippen molar-refractivity contribution >= 4 is 11.3 Å². The molecule has 0 aliphatic carbocycles. The van der Waals surface area contributed by atoms with Gasteiger partial charge in [0.15, 0.2) is 6.04 Å². The van der Waals surface area contributed by atoms with Gasteiger partial charge in [0.2, 0.25) is 5.82 Å². The Morgan fingerprint density at radius 1 is 1.23 bits per heavy atom. The van der Waals surface area contributed by atoms with Crippen molar-refractivity contribution in [3.63, 3.8) is 0 Å². The average Bonchev–Trinajstić information content (AvgIpc) is 3.32. The molecule has 5 nitrogen and oxygen atoms in total. The van der Waals surface area contributed by atoms with Crippen LogP contribution in [-0.4, -0.2) is 33.3 Å². The van der Waals surface area contributed by atoms with Crippen LogP contribution in [0.15, 0.2) is 41.8 Å². The van der Waals surface area contributed by atoms with Crippen LogP contribution in [0, 0.1) is 11.7 Å². The summed E-state index contributed by atoms with van der Waals surface area (Å²) >= 11 is 1.76. The Hall–Kier alpha value is -2.12. The highest BCUT2D eigenvalue weighted by atomic mass is 32.1. The molecular formula is C19H23FN5S+. The lowest BCUT2D eigenvalue weighted by Crippen LogP contribution is -3.13. The molecule has 1 aliphatic heterocycles. The van der Waals surface area contributed by atoms with Gasteiger partial charge < -0.3 is 4.90 Å². The van der Waals surface area contributed by atoms with E-state index in [-0.39, 0.29) is 11.9 Å². The quantitative estimate of drug-likeness (QED) is 0.748. The molecule has 1 aromatic carbocycles. The van der Waals surface area contributed by atoms with Crippen molar-refractivity contribution in [1.29, 1.82) is 0 Å². The predicted molar refractivity (Wildman–Crippen MR) is 98.6 cm³/mol. The second-order valence-corrected chi connectivity index (χ2v) is 8.09. The van der Waals surface area contributed by atoms with Crippen molar-refractivity contribution in [2.45, 2.75) is 32.4 Å². The van der Waals surface area contributed by atoms with E-state index in [0.29, 0.717) is 6.54 Å². The second-order valence-electron chi connectivity index (χ2n) is 7.11. The van der Waals surface area contributed by atoms with Crippen molar-refractivity contribution in [2.24, 2.45) is 5.92 Å². The van der Waals surface area contributed by atoms with Crippen LogP contribution in [0.5, 0.6) is 0 Å². The van der Waals surface area contributed by atoms with Crippen molar-refractivity contribution < 1.29 is 9.29 Å². The molecule has 0 radical (unpaired) electrons. The van der Waals surface area contributed by atoms with Crippen LogP contribution in [-0.2, 0) is 6.54 Å². The van der Waals surface area contributed by atoms with E-state index in [2.05, 4.69) is 40.0 Å². The summed E-state index contributed by atoms with van der Waals surface area (Å²) in [5.74, 6) is 1.45.